The normalized spacial score (nSPS) is 31.7. The number of ether oxygens (including phenoxy) is 1. The fourth-order valence-electron chi connectivity index (χ4n) is 1.79. The highest BCUT2D eigenvalue weighted by molar-refractivity contribution is 4.92. The van der Waals surface area contributed by atoms with Crippen molar-refractivity contribution in [3.63, 3.8) is 0 Å². The van der Waals surface area contributed by atoms with Crippen LogP contribution < -0.4 is 11.2 Å². The summed E-state index contributed by atoms with van der Waals surface area (Å²) < 4.78 is 17.7. The van der Waals surface area contributed by atoms with E-state index in [4.69, 9.17) is 4.74 Å². The number of aliphatic hydroxyl groups excluding tert-OH is 2. The van der Waals surface area contributed by atoms with Gasteiger partial charge in [0.25, 0.3) is 5.56 Å². The van der Waals surface area contributed by atoms with Crippen LogP contribution >= 0.6 is 0 Å². The maximum absolute atomic E-state index is 11.7. The molecule has 0 spiro atoms. The molecule has 1 aliphatic heterocycles. The van der Waals surface area contributed by atoms with Crippen LogP contribution in [0.2, 0.25) is 0 Å². The summed E-state index contributed by atoms with van der Waals surface area (Å²) in [6.07, 6.45) is -4.04. The van der Waals surface area contributed by atoms with Gasteiger partial charge in [-0.25, -0.2) is 4.79 Å². The van der Waals surface area contributed by atoms with Crippen molar-refractivity contribution in [1.82, 2.24) is 9.55 Å². The number of aromatic nitrogens is 2. The Morgan fingerprint density at radius 1 is 1.44 bits per heavy atom. The van der Waals surface area contributed by atoms with E-state index in [0.29, 0.717) is 0 Å². The van der Waals surface area contributed by atoms with Crippen LogP contribution in [0.15, 0.2) is 21.9 Å². The summed E-state index contributed by atoms with van der Waals surface area (Å²) in [5.74, 6) is 0. The summed E-state index contributed by atoms with van der Waals surface area (Å²) in [4.78, 5) is 27.7. The van der Waals surface area contributed by atoms with E-state index in [1.165, 1.54) is 0 Å². The molecule has 100 valence electrons. The number of nitrogens with one attached hydrogen (secondary N) is 1. The number of halogens is 1. The first-order valence-electron chi connectivity index (χ1n) is 5.11. The van der Waals surface area contributed by atoms with E-state index in [1.807, 2.05) is 4.98 Å². The van der Waals surface area contributed by atoms with Crippen molar-refractivity contribution in [3.05, 3.63) is 33.1 Å². The molecule has 2 unspecified atom stereocenters. The Balaban J connectivity index is 2.29. The van der Waals surface area contributed by atoms with Crippen molar-refractivity contribution in [3.8, 4) is 0 Å². The first-order chi connectivity index (χ1) is 8.54. The van der Waals surface area contributed by atoms with Gasteiger partial charge < -0.3 is 14.9 Å². The highest BCUT2D eigenvalue weighted by Crippen LogP contribution is 2.28. The predicted octanol–water partition coefficient (Wildman–Crippen LogP) is -1.94. The summed E-state index contributed by atoms with van der Waals surface area (Å²) in [6.45, 7) is -0.577. The lowest BCUT2D eigenvalue weighted by molar-refractivity contribution is -0.176. The largest absolute Gasteiger partial charge is 0.387 e. The summed E-state index contributed by atoms with van der Waals surface area (Å²) in [7, 11) is 0. The van der Waals surface area contributed by atoms with E-state index in [0.717, 1.165) is 16.8 Å². The first kappa shape index (κ1) is 12.9. The molecule has 1 fully saturated rings. The van der Waals surface area contributed by atoms with Crippen LogP contribution in [0.25, 0.3) is 0 Å². The number of aliphatic hydroxyl groups is 2. The second-order valence-corrected chi connectivity index (χ2v) is 3.84. The molecule has 0 aromatic carbocycles. The SMILES string of the molecule is O=c1ccn([C@H]2O[C@@H](COF)C(O)C2O)c(=O)[nH]1. The van der Waals surface area contributed by atoms with E-state index in [-0.39, 0.29) is 0 Å². The van der Waals surface area contributed by atoms with Gasteiger partial charge in [-0.05, 0) is 4.53 Å². The molecule has 18 heavy (non-hydrogen) atoms. The topological polar surface area (TPSA) is 114 Å². The third-order valence-corrected chi connectivity index (χ3v) is 2.69. The molecule has 2 heterocycles. The van der Waals surface area contributed by atoms with Crippen LogP contribution in [0.5, 0.6) is 0 Å². The molecule has 0 amide bonds. The Morgan fingerprint density at radius 2 is 2.17 bits per heavy atom. The van der Waals surface area contributed by atoms with E-state index >= 15 is 0 Å². The molecule has 3 N–H and O–H groups in total. The van der Waals surface area contributed by atoms with E-state index in [1.54, 1.807) is 0 Å². The van der Waals surface area contributed by atoms with Crippen molar-refractivity contribution in [2.45, 2.75) is 24.5 Å². The van der Waals surface area contributed by atoms with Crippen molar-refractivity contribution in [2.24, 2.45) is 0 Å². The monoisotopic (exact) mass is 262 g/mol. The standard InChI is InChI=1S/C9H11FN2O6/c10-17-3-4-6(14)7(15)8(18-4)12-2-1-5(13)11-9(12)16/h1-2,4,6-8,14-15H,3H2,(H,11,13,16)/t4-,6?,7?,8-/m0/s1. The number of nitrogens with zero attached hydrogens (tertiary/aromatic N) is 1. The van der Waals surface area contributed by atoms with Crippen LogP contribution in [0.1, 0.15) is 6.23 Å². The summed E-state index contributed by atoms with van der Waals surface area (Å²) >= 11 is 0. The minimum atomic E-state index is -1.44. The Kier molecular flexibility index (Phi) is 3.57. The summed E-state index contributed by atoms with van der Waals surface area (Å²) in [6, 6.07) is 1.06. The minimum absolute atomic E-state index is 0.577. The fraction of sp³-hybridized carbons (Fsp3) is 0.556. The zero-order valence-corrected chi connectivity index (χ0v) is 9.02. The molecular weight excluding hydrogens is 251 g/mol. The van der Waals surface area contributed by atoms with Gasteiger partial charge in [-0.3, -0.25) is 14.3 Å². The molecular formula is C9H11FN2O6. The second kappa shape index (κ2) is 4.98. The molecule has 0 radical (unpaired) electrons. The lowest BCUT2D eigenvalue weighted by Crippen LogP contribution is -2.37. The highest BCUT2D eigenvalue weighted by Gasteiger charge is 2.44. The van der Waals surface area contributed by atoms with Gasteiger partial charge in [0, 0.05) is 12.3 Å². The third-order valence-electron chi connectivity index (χ3n) is 2.69. The second-order valence-electron chi connectivity index (χ2n) is 3.84. The summed E-state index contributed by atoms with van der Waals surface area (Å²) in [5, 5.41) is 19.3. The molecule has 1 aromatic heterocycles. The highest BCUT2D eigenvalue weighted by atomic mass is 19.3. The molecule has 1 saturated heterocycles. The van der Waals surface area contributed by atoms with Crippen molar-refractivity contribution in [2.75, 3.05) is 6.61 Å². The summed E-state index contributed by atoms with van der Waals surface area (Å²) in [5.41, 5.74) is -1.41. The van der Waals surface area contributed by atoms with Gasteiger partial charge in [-0.2, -0.15) is 4.94 Å². The molecule has 1 aliphatic rings. The average Bonchev–Trinajstić information content (AvgIpc) is 2.58. The lowest BCUT2D eigenvalue weighted by atomic mass is 10.1. The van der Waals surface area contributed by atoms with Crippen LogP contribution in [-0.4, -0.2) is 44.7 Å². The molecule has 9 heteroatoms. The average molecular weight is 262 g/mol. The van der Waals surface area contributed by atoms with Gasteiger partial charge in [-0.15, -0.1) is 0 Å². The molecule has 0 aliphatic carbocycles. The predicted molar refractivity (Wildman–Crippen MR) is 54.3 cm³/mol. The van der Waals surface area contributed by atoms with Crippen LogP contribution in [-0.2, 0) is 9.68 Å². The van der Waals surface area contributed by atoms with Gasteiger partial charge in [0.2, 0.25) is 0 Å². The molecule has 8 nitrogen and oxygen atoms in total. The molecule has 0 saturated carbocycles. The van der Waals surface area contributed by atoms with Crippen molar-refractivity contribution >= 4 is 0 Å². The van der Waals surface area contributed by atoms with Crippen LogP contribution in [0.4, 0.5) is 4.53 Å². The van der Waals surface area contributed by atoms with Crippen molar-refractivity contribution in [1.29, 1.82) is 0 Å². The van der Waals surface area contributed by atoms with Gasteiger partial charge in [0.1, 0.15) is 24.9 Å². The van der Waals surface area contributed by atoms with Gasteiger partial charge in [0.05, 0.1) is 0 Å². The quantitative estimate of drug-likeness (QED) is 0.584. The van der Waals surface area contributed by atoms with E-state index in [9.17, 15) is 24.3 Å². The Morgan fingerprint density at radius 3 is 2.78 bits per heavy atom. The fourth-order valence-corrected chi connectivity index (χ4v) is 1.79. The lowest BCUT2D eigenvalue weighted by Gasteiger charge is -2.16. The van der Waals surface area contributed by atoms with E-state index < -0.39 is 42.4 Å². The Bertz CT molecular complexity index is 528. The van der Waals surface area contributed by atoms with Gasteiger partial charge in [-0.1, -0.05) is 0 Å². The number of hydrogen-bond donors (Lipinski definition) is 3. The van der Waals surface area contributed by atoms with Crippen molar-refractivity contribution < 1.29 is 24.4 Å². The zero-order chi connectivity index (χ0) is 13.3. The van der Waals surface area contributed by atoms with Crippen LogP contribution in [0.3, 0.4) is 0 Å². The van der Waals surface area contributed by atoms with Gasteiger partial charge in [0.15, 0.2) is 6.23 Å². The van der Waals surface area contributed by atoms with E-state index in [2.05, 4.69) is 4.94 Å². The molecule has 0 bridgehead atoms. The Labute approximate surface area is 99.1 Å². The number of rotatable bonds is 3. The maximum atomic E-state index is 11.7. The van der Waals surface area contributed by atoms with Gasteiger partial charge >= 0.3 is 5.69 Å². The molecule has 4 atom stereocenters. The molecule has 1 aromatic rings. The maximum Gasteiger partial charge on any atom is 0.330 e. The number of H-pyrrole nitrogens is 1. The minimum Gasteiger partial charge on any atom is -0.387 e. The third kappa shape index (κ3) is 2.20. The Hall–Kier alpha value is -1.55. The zero-order valence-electron chi connectivity index (χ0n) is 9.02. The number of aromatic amines is 1. The number of hydrogen-bond acceptors (Lipinski definition) is 6. The molecule has 2 rings (SSSR count). The first-order valence-corrected chi connectivity index (χ1v) is 5.11. The van der Waals surface area contributed by atoms with Crippen LogP contribution in [0, 0.1) is 0 Å². The smallest absolute Gasteiger partial charge is 0.330 e.